The standard InChI is InChI=1S/C10H16F3NO5S/c1-2-3-4-20(18,19)6-7(9(16)17)14-8(15)5-10(11,12)13/h7H,2-6H2,1H3,(H,14,15)(H,16,17)/t7-/m1/s1. The minimum Gasteiger partial charge on any atom is -0.480 e. The molecule has 0 radical (unpaired) electrons. The van der Waals surface area contributed by atoms with Crippen molar-refractivity contribution < 1.29 is 36.3 Å². The first kappa shape index (κ1) is 18.7. The predicted octanol–water partition coefficient (Wildman–Crippen LogP) is 0.723. The molecule has 20 heavy (non-hydrogen) atoms. The van der Waals surface area contributed by atoms with E-state index in [9.17, 15) is 31.2 Å². The summed E-state index contributed by atoms with van der Waals surface area (Å²) in [6.07, 6.45) is -5.76. The number of halogens is 3. The monoisotopic (exact) mass is 319 g/mol. The van der Waals surface area contributed by atoms with Crippen molar-refractivity contribution in [3.63, 3.8) is 0 Å². The third kappa shape index (κ3) is 8.73. The number of nitrogens with one attached hydrogen (secondary N) is 1. The number of carbonyl (C=O) groups is 2. The molecule has 118 valence electrons. The molecule has 0 saturated heterocycles. The average Bonchev–Trinajstić information content (AvgIpc) is 2.22. The van der Waals surface area contributed by atoms with Gasteiger partial charge in [0.25, 0.3) is 0 Å². The van der Waals surface area contributed by atoms with Crippen LogP contribution in [0.15, 0.2) is 0 Å². The summed E-state index contributed by atoms with van der Waals surface area (Å²) in [6.45, 7) is 1.73. The maximum Gasteiger partial charge on any atom is 0.397 e. The van der Waals surface area contributed by atoms with E-state index in [2.05, 4.69) is 0 Å². The van der Waals surface area contributed by atoms with Gasteiger partial charge in [0.15, 0.2) is 9.84 Å². The van der Waals surface area contributed by atoms with Gasteiger partial charge in [-0.3, -0.25) is 4.79 Å². The lowest BCUT2D eigenvalue weighted by molar-refractivity contribution is -0.156. The van der Waals surface area contributed by atoms with Crippen molar-refractivity contribution in [2.24, 2.45) is 0 Å². The lowest BCUT2D eigenvalue weighted by atomic mass is 10.3. The van der Waals surface area contributed by atoms with Crippen LogP contribution in [0.4, 0.5) is 13.2 Å². The van der Waals surface area contributed by atoms with E-state index in [-0.39, 0.29) is 5.75 Å². The molecule has 0 aromatic rings. The van der Waals surface area contributed by atoms with Gasteiger partial charge in [0, 0.05) is 0 Å². The number of amides is 1. The summed E-state index contributed by atoms with van der Waals surface area (Å²) < 4.78 is 58.9. The van der Waals surface area contributed by atoms with Crippen LogP contribution in [-0.2, 0) is 19.4 Å². The molecule has 0 heterocycles. The summed E-state index contributed by atoms with van der Waals surface area (Å²) in [7, 11) is -3.75. The fourth-order valence-electron chi connectivity index (χ4n) is 1.30. The Hall–Kier alpha value is -1.32. The Kier molecular flexibility index (Phi) is 6.97. The summed E-state index contributed by atoms with van der Waals surface area (Å²) in [6, 6.07) is -1.88. The number of carboxylic acids is 1. The van der Waals surface area contributed by atoms with Crippen LogP contribution < -0.4 is 5.32 Å². The molecular weight excluding hydrogens is 303 g/mol. The largest absolute Gasteiger partial charge is 0.480 e. The number of carbonyl (C=O) groups excluding carboxylic acids is 1. The van der Waals surface area contributed by atoms with Gasteiger partial charge in [0.2, 0.25) is 5.91 Å². The van der Waals surface area contributed by atoms with Crippen molar-refractivity contribution in [1.82, 2.24) is 5.32 Å². The molecule has 0 aliphatic heterocycles. The van der Waals surface area contributed by atoms with Crippen LogP contribution in [0.25, 0.3) is 0 Å². The molecule has 0 unspecified atom stereocenters. The van der Waals surface area contributed by atoms with Gasteiger partial charge in [-0.2, -0.15) is 13.2 Å². The normalized spacial score (nSPS) is 13.8. The zero-order valence-electron chi connectivity index (χ0n) is 10.7. The fourth-order valence-corrected chi connectivity index (χ4v) is 2.93. The second kappa shape index (κ2) is 7.46. The lowest BCUT2D eigenvalue weighted by Gasteiger charge is -2.15. The van der Waals surface area contributed by atoms with E-state index < -0.39 is 46.1 Å². The molecule has 0 saturated carbocycles. The van der Waals surface area contributed by atoms with Crippen LogP contribution in [0.1, 0.15) is 26.2 Å². The van der Waals surface area contributed by atoms with E-state index in [1.165, 1.54) is 0 Å². The highest BCUT2D eigenvalue weighted by Crippen LogP contribution is 2.19. The molecule has 0 bridgehead atoms. The van der Waals surface area contributed by atoms with Crippen molar-refractivity contribution in [2.75, 3.05) is 11.5 Å². The molecule has 6 nitrogen and oxygen atoms in total. The second-order valence-corrected chi connectivity index (χ2v) is 6.45. The van der Waals surface area contributed by atoms with Crippen LogP contribution >= 0.6 is 0 Å². The zero-order chi connectivity index (χ0) is 16.0. The lowest BCUT2D eigenvalue weighted by Crippen LogP contribution is -2.46. The van der Waals surface area contributed by atoms with Crippen LogP contribution in [-0.4, -0.2) is 49.1 Å². The first-order valence-corrected chi connectivity index (χ1v) is 7.58. The van der Waals surface area contributed by atoms with E-state index >= 15 is 0 Å². The highest BCUT2D eigenvalue weighted by atomic mass is 32.2. The number of rotatable bonds is 8. The molecule has 2 N–H and O–H groups in total. The Morgan fingerprint density at radius 3 is 2.25 bits per heavy atom. The minimum absolute atomic E-state index is 0.275. The number of sulfone groups is 1. The summed E-state index contributed by atoms with van der Waals surface area (Å²) in [5, 5.41) is 10.3. The molecule has 1 amide bonds. The minimum atomic E-state index is -4.78. The van der Waals surface area contributed by atoms with Crippen molar-refractivity contribution in [3.05, 3.63) is 0 Å². The van der Waals surface area contributed by atoms with Gasteiger partial charge in [-0.05, 0) is 6.42 Å². The average molecular weight is 319 g/mol. The third-order valence-electron chi connectivity index (χ3n) is 2.22. The van der Waals surface area contributed by atoms with Gasteiger partial charge in [-0.1, -0.05) is 13.3 Å². The number of aliphatic carboxylic acids is 1. The maximum absolute atomic E-state index is 11.9. The smallest absolute Gasteiger partial charge is 0.397 e. The quantitative estimate of drug-likeness (QED) is 0.687. The van der Waals surface area contributed by atoms with Gasteiger partial charge in [-0.15, -0.1) is 0 Å². The number of hydrogen-bond donors (Lipinski definition) is 2. The summed E-state index contributed by atoms with van der Waals surface area (Å²) in [4.78, 5) is 21.8. The molecule has 0 spiro atoms. The third-order valence-corrected chi connectivity index (χ3v) is 3.98. The number of alkyl halides is 3. The van der Waals surface area contributed by atoms with E-state index in [0.29, 0.717) is 12.8 Å². The Labute approximate surface area is 114 Å². The van der Waals surface area contributed by atoms with Crippen molar-refractivity contribution in [2.45, 2.75) is 38.4 Å². The van der Waals surface area contributed by atoms with Gasteiger partial charge in [0.1, 0.15) is 12.5 Å². The van der Waals surface area contributed by atoms with E-state index in [1.54, 1.807) is 12.2 Å². The fraction of sp³-hybridized carbons (Fsp3) is 0.800. The Morgan fingerprint density at radius 1 is 1.30 bits per heavy atom. The maximum atomic E-state index is 11.9. The Bertz CT molecular complexity index is 446. The predicted molar refractivity (Wildman–Crippen MR) is 63.8 cm³/mol. The number of unbranched alkanes of at least 4 members (excludes halogenated alkanes) is 1. The molecule has 0 aliphatic carbocycles. The second-order valence-electron chi connectivity index (χ2n) is 4.22. The SMILES string of the molecule is CCCCS(=O)(=O)C[C@@H](NC(=O)CC(F)(F)F)C(=O)O. The van der Waals surface area contributed by atoms with Gasteiger partial charge in [-0.25, -0.2) is 13.2 Å². The zero-order valence-corrected chi connectivity index (χ0v) is 11.6. The van der Waals surface area contributed by atoms with E-state index in [4.69, 9.17) is 5.11 Å². The molecule has 0 rings (SSSR count). The summed E-state index contributed by atoms with van der Waals surface area (Å²) >= 11 is 0. The molecule has 0 aliphatic rings. The van der Waals surface area contributed by atoms with Crippen LogP contribution in [0, 0.1) is 0 Å². The van der Waals surface area contributed by atoms with Gasteiger partial charge >= 0.3 is 12.1 Å². The van der Waals surface area contributed by atoms with Crippen molar-refractivity contribution in [3.8, 4) is 0 Å². The van der Waals surface area contributed by atoms with Gasteiger partial charge in [0.05, 0.1) is 11.5 Å². The summed E-state index contributed by atoms with van der Waals surface area (Å²) in [5.74, 6) is -4.47. The highest BCUT2D eigenvalue weighted by molar-refractivity contribution is 7.91. The van der Waals surface area contributed by atoms with E-state index in [1.807, 2.05) is 0 Å². The summed E-state index contributed by atoms with van der Waals surface area (Å²) in [5.41, 5.74) is 0. The highest BCUT2D eigenvalue weighted by Gasteiger charge is 2.34. The Balaban J connectivity index is 4.67. The molecule has 0 aromatic heterocycles. The topological polar surface area (TPSA) is 101 Å². The first-order chi connectivity index (χ1) is 8.97. The van der Waals surface area contributed by atoms with Crippen LogP contribution in [0.5, 0.6) is 0 Å². The molecular formula is C10H16F3NO5S. The van der Waals surface area contributed by atoms with Crippen LogP contribution in [0.3, 0.4) is 0 Å². The van der Waals surface area contributed by atoms with Gasteiger partial charge < -0.3 is 10.4 Å². The first-order valence-electron chi connectivity index (χ1n) is 5.76. The van der Waals surface area contributed by atoms with Crippen LogP contribution in [0.2, 0.25) is 0 Å². The number of hydrogen-bond acceptors (Lipinski definition) is 4. The number of carboxylic acid groups (broad SMARTS) is 1. The molecule has 1 atom stereocenters. The molecule has 10 heteroatoms. The molecule has 0 aromatic carbocycles. The van der Waals surface area contributed by atoms with Crippen molar-refractivity contribution >= 4 is 21.7 Å². The molecule has 0 fully saturated rings. The van der Waals surface area contributed by atoms with Crippen molar-refractivity contribution in [1.29, 1.82) is 0 Å². The van der Waals surface area contributed by atoms with E-state index in [0.717, 1.165) is 0 Å². The Morgan fingerprint density at radius 2 is 1.85 bits per heavy atom.